The molecule has 0 spiro atoms. The highest BCUT2D eigenvalue weighted by Crippen LogP contribution is 2.17. The molecule has 19 heavy (non-hydrogen) atoms. The van der Waals surface area contributed by atoms with E-state index in [1.54, 1.807) is 26.2 Å². The van der Waals surface area contributed by atoms with E-state index in [2.05, 4.69) is 5.32 Å². The van der Waals surface area contributed by atoms with E-state index < -0.39 is 0 Å². The molecule has 2 amide bonds. The average Bonchev–Trinajstić information content (AvgIpc) is 2.45. The number of benzene rings is 1. The number of urea groups is 1. The van der Waals surface area contributed by atoms with Crippen LogP contribution in [0.4, 0.5) is 4.79 Å². The number of carbonyl (C=O) groups is 1. The quantitative estimate of drug-likeness (QED) is 0.761. The molecule has 0 aromatic heterocycles. The lowest BCUT2D eigenvalue weighted by Crippen LogP contribution is -2.39. The smallest absolute Gasteiger partial charge is 0.317 e. The molecule has 0 saturated carbocycles. The first-order valence-corrected chi connectivity index (χ1v) is 6.28. The second-order valence-electron chi connectivity index (χ2n) is 4.21. The van der Waals surface area contributed by atoms with Crippen molar-refractivity contribution in [1.82, 2.24) is 10.2 Å². The van der Waals surface area contributed by atoms with Gasteiger partial charge in [-0.1, -0.05) is 18.2 Å². The van der Waals surface area contributed by atoms with Gasteiger partial charge in [0, 0.05) is 27.2 Å². The Morgan fingerprint density at radius 1 is 1.32 bits per heavy atom. The molecule has 0 heterocycles. The number of carbonyl (C=O) groups excluding carboxylic acids is 1. The maximum Gasteiger partial charge on any atom is 0.317 e. The SMILES string of the molecule is COCCNC(=O)N(C)CCc1ccccc1OC. The number of nitrogens with one attached hydrogen (secondary N) is 1. The largest absolute Gasteiger partial charge is 0.496 e. The van der Waals surface area contributed by atoms with Crippen LogP contribution in [0.2, 0.25) is 0 Å². The number of hydrogen-bond donors (Lipinski definition) is 1. The number of rotatable bonds is 7. The van der Waals surface area contributed by atoms with Gasteiger partial charge in [-0.3, -0.25) is 0 Å². The summed E-state index contributed by atoms with van der Waals surface area (Å²) in [5.74, 6) is 0.857. The van der Waals surface area contributed by atoms with Gasteiger partial charge in [-0.15, -0.1) is 0 Å². The first-order chi connectivity index (χ1) is 9.19. The van der Waals surface area contributed by atoms with Crippen LogP contribution in [0.1, 0.15) is 5.56 Å². The van der Waals surface area contributed by atoms with Crippen molar-refractivity contribution in [3.8, 4) is 5.75 Å². The van der Waals surface area contributed by atoms with E-state index in [-0.39, 0.29) is 6.03 Å². The summed E-state index contributed by atoms with van der Waals surface area (Å²) in [5.41, 5.74) is 1.10. The third-order valence-corrected chi connectivity index (χ3v) is 2.84. The number of likely N-dealkylation sites (N-methyl/N-ethyl adjacent to an activating group) is 1. The van der Waals surface area contributed by atoms with Gasteiger partial charge in [0.05, 0.1) is 13.7 Å². The van der Waals surface area contributed by atoms with Crippen LogP contribution in [0.3, 0.4) is 0 Å². The van der Waals surface area contributed by atoms with Crippen LogP contribution in [0.25, 0.3) is 0 Å². The molecule has 1 aromatic carbocycles. The van der Waals surface area contributed by atoms with Crippen LogP contribution in [0.5, 0.6) is 5.75 Å². The molecule has 1 rings (SSSR count). The highest BCUT2D eigenvalue weighted by atomic mass is 16.5. The first-order valence-electron chi connectivity index (χ1n) is 6.28. The van der Waals surface area contributed by atoms with Crippen LogP contribution in [-0.4, -0.2) is 51.9 Å². The lowest BCUT2D eigenvalue weighted by molar-refractivity contribution is 0.185. The van der Waals surface area contributed by atoms with Crippen LogP contribution in [-0.2, 0) is 11.2 Å². The van der Waals surface area contributed by atoms with Crippen LogP contribution >= 0.6 is 0 Å². The van der Waals surface area contributed by atoms with Crippen molar-refractivity contribution >= 4 is 6.03 Å². The Labute approximate surface area is 114 Å². The van der Waals surface area contributed by atoms with Gasteiger partial charge in [0.2, 0.25) is 0 Å². The van der Waals surface area contributed by atoms with Crippen molar-refractivity contribution in [2.24, 2.45) is 0 Å². The Morgan fingerprint density at radius 3 is 2.74 bits per heavy atom. The average molecular weight is 266 g/mol. The van der Waals surface area contributed by atoms with Crippen molar-refractivity contribution in [2.45, 2.75) is 6.42 Å². The summed E-state index contributed by atoms with van der Waals surface area (Å²) in [6.45, 7) is 1.68. The van der Waals surface area contributed by atoms with E-state index in [1.807, 2.05) is 24.3 Å². The monoisotopic (exact) mass is 266 g/mol. The molecule has 0 fully saturated rings. The number of ether oxygens (including phenoxy) is 2. The zero-order valence-corrected chi connectivity index (χ0v) is 11.8. The Hall–Kier alpha value is -1.75. The molecule has 0 aliphatic carbocycles. The molecular weight excluding hydrogens is 244 g/mol. The van der Waals surface area contributed by atoms with E-state index in [0.29, 0.717) is 19.7 Å². The molecule has 0 saturated heterocycles. The zero-order valence-electron chi connectivity index (χ0n) is 11.8. The molecule has 0 aliphatic heterocycles. The van der Waals surface area contributed by atoms with E-state index in [4.69, 9.17) is 9.47 Å². The third-order valence-electron chi connectivity index (χ3n) is 2.84. The maximum atomic E-state index is 11.7. The summed E-state index contributed by atoms with van der Waals surface area (Å²) in [5, 5.41) is 2.78. The maximum absolute atomic E-state index is 11.7. The Balaban J connectivity index is 2.40. The second-order valence-corrected chi connectivity index (χ2v) is 4.21. The van der Waals surface area contributed by atoms with Crippen molar-refractivity contribution in [2.75, 3.05) is 41.0 Å². The first kappa shape index (κ1) is 15.3. The highest BCUT2D eigenvalue weighted by molar-refractivity contribution is 5.73. The predicted molar refractivity (Wildman–Crippen MR) is 74.6 cm³/mol. The molecule has 0 bridgehead atoms. The fraction of sp³-hybridized carbons (Fsp3) is 0.500. The summed E-state index contributed by atoms with van der Waals surface area (Å²) in [6, 6.07) is 7.75. The Bertz CT molecular complexity index is 396. The Kier molecular flexibility index (Phi) is 6.74. The minimum absolute atomic E-state index is 0.0908. The fourth-order valence-electron chi connectivity index (χ4n) is 1.69. The van der Waals surface area contributed by atoms with Crippen molar-refractivity contribution < 1.29 is 14.3 Å². The number of para-hydroxylation sites is 1. The standard InChI is InChI=1S/C14H22N2O3/c1-16(14(17)15-9-11-18-2)10-8-12-6-4-5-7-13(12)19-3/h4-7H,8-11H2,1-3H3,(H,15,17). The van der Waals surface area contributed by atoms with Gasteiger partial charge in [-0.2, -0.15) is 0 Å². The van der Waals surface area contributed by atoms with E-state index in [1.165, 1.54) is 0 Å². The molecule has 0 radical (unpaired) electrons. The topological polar surface area (TPSA) is 50.8 Å². The van der Waals surface area contributed by atoms with Crippen molar-refractivity contribution in [3.05, 3.63) is 29.8 Å². The van der Waals surface area contributed by atoms with Crippen LogP contribution < -0.4 is 10.1 Å². The molecule has 1 aromatic rings. The lowest BCUT2D eigenvalue weighted by Gasteiger charge is -2.18. The lowest BCUT2D eigenvalue weighted by atomic mass is 10.1. The van der Waals surface area contributed by atoms with Gasteiger partial charge >= 0.3 is 6.03 Å². The highest BCUT2D eigenvalue weighted by Gasteiger charge is 2.09. The van der Waals surface area contributed by atoms with Gasteiger partial charge in [-0.25, -0.2) is 4.79 Å². The van der Waals surface area contributed by atoms with Gasteiger partial charge in [0.25, 0.3) is 0 Å². The molecule has 0 aliphatic rings. The summed E-state index contributed by atoms with van der Waals surface area (Å²) < 4.78 is 10.2. The second kappa shape index (κ2) is 8.37. The molecule has 106 valence electrons. The van der Waals surface area contributed by atoms with Crippen LogP contribution in [0.15, 0.2) is 24.3 Å². The number of nitrogens with zero attached hydrogens (tertiary/aromatic N) is 1. The van der Waals surface area contributed by atoms with E-state index >= 15 is 0 Å². The number of methoxy groups -OCH3 is 2. The van der Waals surface area contributed by atoms with Gasteiger partial charge in [0.1, 0.15) is 5.75 Å². The number of amides is 2. The van der Waals surface area contributed by atoms with E-state index in [0.717, 1.165) is 17.7 Å². The van der Waals surface area contributed by atoms with Crippen molar-refractivity contribution in [1.29, 1.82) is 0 Å². The van der Waals surface area contributed by atoms with Crippen molar-refractivity contribution in [3.63, 3.8) is 0 Å². The fourth-order valence-corrected chi connectivity index (χ4v) is 1.69. The normalized spacial score (nSPS) is 10.1. The minimum Gasteiger partial charge on any atom is -0.496 e. The molecule has 5 heteroatoms. The molecule has 5 nitrogen and oxygen atoms in total. The summed E-state index contributed by atoms with van der Waals surface area (Å²) >= 11 is 0. The van der Waals surface area contributed by atoms with Crippen LogP contribution in [0, 0.1) is 0 Å². The van der Waals surface area contributed by atoms with E-state index in [9.17, 15) is 4.79 Å². The summed E-state index contributed by atoms with van der Waals surface area (Å²) in [4.78, 5) is 13.4. The summed E-state index contributed by atoms with van der Waals surface area (Å²) in [6.07, 6.45) is 0.762. The van der Waals surface area contributed by atoms with Gasteiger partial charge < -0.3 is 19.7 Å². The molecular formula is C14H22N2O3. The third kappa shape index (κ3) is 5.18. The predicted octanol–water partition coefficient (Wildman–Crippen LogP) is 1.53. The molecule has 1 N–H and O–H groups in total. The summed E-state index contributed by atoms with van der Waals surface area (Å²) in [7, 11) is 5.04. The number of hydrogen-bond acceptors (Lipinski definition) is 3. The van der Waals surface area contributed by atoms with Gasteiger partial charge in [0.15, 0.2) is 0 Å². The Morgan fingerprint density at radius 2 is 2.05 bits per heavy atom. The molecule has 0 unspecified atom stereocenters. The van der Waals surface area contributed by atoms with Gasteiger partial charge in [-0.05, 0) is 18.1 Å². The minimum atomic E-state index is -0.0908. The zero-order chi connectivity index (χ0) is 14.1. The molecule has 0 atom stereocenters.